The van der Waals surface area contributed by atoms with Gasteiger partial charge >= 0.3 is 11.6 Å². The normalized spacial score (nSPS) is 15.1. The number of hydrogen-bond donors (Lipinski definition) is 0. The number of esters is 1. The predicted molar refractivity (Wildman–Crippen MR) is 112 cm³/mol. The Kier molecular flexibility index (Phi) is 5.23. The van der Waals surface area contributed by atoms with Gasteiger partial charge in [-0.25, -0.2) is 4.79 Å². The first-order valence-corrected chi connectivity index (χ1v) is 9.67. The molecule has 1 atom stereocenters. The summed E-state index contributed by atoms with van der Waals surface area (Å²) in [5.41, 5.74) is 3.38. The number of nitrogens with zero attached hydrogens (tertiary/aromatic N) is 1. The fourth-order valence-corrected chi connectivity index (χ4v) is 3.74. The summed E-state index contributed by atoms with van der Waals surface area (Å²) >= 11 is 0. The van der Waals surface area contributed by atoms with Crippen molar-refractivity contribution in [3.8, 4) is 0 Å². The monoisotopic (exact) mass is 403 g/mol. The van der Waals surface area contributed by atoms with E-state index in [1.165, 1.54) is 13.0 Å². The molecule has 1 aliphatic rings. The minimum atomic E-state index is -0.492. The van der Waals surface area contributed by atoms with Crippen LogP contribution >= 0.6 is 0 Å². The second-order valence-corrected chi connectivity index (χ2v) is 7.34. The van der Waals surface area contributed by atoms with Crippen LogP contribution in [0.15, 0.2) is 63.9 Å². The quantitative estimate of drug-likeness (QED) is 0.484. The summed E-state index contributed by atoms with van der Waals surface area (Å²) < 4.78 is 10.7. The number of fused-ring (bicyclic) bond motifs is 2. The maximum Gasteiger partial charge on any atom is 0.336 e. The van der Waals surface area contributed by atoms with E-state index in [0.717, 1.165) is 22.1 Å². The molecule has 1 aliphatic heterocycles. The molecule has 0 bridgehead atoms. The van der Waals surface area contributed by atoms with Gasteiger partial charge in [-0.1, -0.05) is 36.4 Å². The van der Waals surface area contributed by atoms with E-state index in [9.17, 15) is 14.4 Å². The molecule has 6 heteroatoms. The van der Waals surface area contributed by atoms with Gasteiger partial charge in [0.25, 0.3) is 0 Å². The molecule has 0 N–H and O–H groups in total. The van der Waals surface area contributed by atoms with Crippen molar-refractivity contribution < 1.29 is 18.7 Å². The number of hydrogen-bond acceptors (Lipinski definition) is 5. The van der Waals surface area contributed by atoms with E-state index in [1.807, 2.05) is 49.4 Å². The molecule has 1 amide bonds. The Morgan fingerprint density at radius 1 is 1.13 bits per heavy atom. The lowest BCUT2D eigenvalue weighted by atomic mass is 9.94. The van der Waals surface area contributed by atoms with Crippen LogP contribution in [0.1, 0.15) is 41.6 Å². The summed E-state index contributed by atoms with van der Waals surface area (Å²) in [6, 6.07) is 14.1. The number of benzene rings is 2. The van der Waals surface area contributed by atoms with Crippen molar-refractivity contribution >= 4 is 28.9 Å². The zero-order valence-corrected chi connectivity index (χ0v) is 16.8. The number of aryl methyl sites for hydroxylation is 1. The molecule has 0 fully saturated rings. The number of rotatable bonds is 4. The van der Waals surface area contributed by atoms with Crippen LogP contribution in [0.3, 0.4) is 0 Å². The van der Waals surface area contributed by atoms with Crippen molar-refractivity contribution in [2.75, 3.05) is 0 Å². The molecule has 3 aromatic rings. The Morgan fingerprint density at radius 2 is 1.93 bits per heavy atom. The molecule has 0 radical (unpaired) electrons. The molecule has 0 saturated carbocycles. The van der Waals surface area contributed by atoms with Crippen molar-refractivity contribution in [2.45, 2.75) is 32.9 Å². The number of carbonyl (C=O) groups excluding carboxylic acids is 2. The molecule has 152 valence electrons. The lowest BCUT2D eigenvalue weighted by molar-refractivity contribution is -0.146. The van der Waals surface area contributed by atoms with Gasteiger partial charge < -0.3 is 14.1 Å². The first kappa shape index (κ1) is 19.6. The van der Waals surface area contributed by atoms with E-state index < -0.39 is 17.6 Å². The maximum atomic E-state index is 12.7. The highest BCUT2D eigenvalue weighted by Gasteiger charge is 2.28. The second kappa shape index (κ2) is 7.99. The van der Waals surface area contributed by atoms with Crippen LogP contribution in [-0.4, -0.2) is 16.8 Å². The molecule has 4 rings (SSSR count). The smallest absolute Gasteiger partial charge is 0.336 e. The summed E-state index contributed by atoms with van der Waals surface area (Å²) in [7, 11) is 0. The molecule has 0 spiro atoms. The predicted octanol–water partition coefficient (Wildman–Crippen LogP) is 4.11. The van der Waals surface area contributed by atoms with Gasteiger partial charge in [0.1, 0.15) is 12.2 Å². The van der Waals surface area contributed by atoms with Crippen LogP contribution < -0.4 is 5.63 Å². The van der Waals surface area contributed by atoms with E-state index in [4.69, 9.17) is 9.15 Å². The van der Waals surface area contributed by atoms with Crippen molar-refractivity contribution in [3.05, 3.63) is 87.4 Å². The van der Waals surface area contributed by atoms with Gasteiger partial charge in [0.2, 0.25) is 5.91 Å². The van der Waals surface area contributed by atoms with Crippen LogP contribution in [-0.2, 0) is 20.9 Å². The van der Waals surface area contributed by atoms with Gasteiger partial charge in [0, 0.05) is 30.1 Å². The first-order chi connectivity index (χ1) is 14.4. The highest BCUT2D eigenvalue weighted by Crippen LogP contribution is 2.33. The third kappa shape index (κ3) is 3.89. The van der Waals surface area contributed by atoms with Crippen molar-refractivity contribution in [3.63, 3.8) is 0 Å². The van der Waals surface area contributed by atoms with Gasteiger partial charge in [0.15, 0.2) is 0 Å². The Labute approximate surface area is 173 Å². The highest BCUT2D eigenvalue weighted by atomic mass is 16.5. The molecule has 6 nitrogen and oxygen atoms in total. The minimum Gasteiger partial charge on any atom is -0.461 e. The summed E-state index contributed by atoms with van der Waals surface area (Å²) in [6.07, 6.45) is 3.57. The van der Waals surface area contributed by atoms with E-state index in [0.29, 0.717) is 11.1 Å². The topological polar surface area (TPSA) is 76.8 Å². The molecule has 0 saturated heterocycles. The summed E-state index contributed by atoms with van der Waals surface area (Å²) in [5, 5.41) is 0.726. The van der Waals surface area contributed by atoms with Crippen LogP contribution in [0.5, 0.6) is 0 Å². The molecular weight excluding hydrogens is 382 g/mol. The van der Waals surface area contributed by atoms with Crippen LogP contribution in [0.2, 0.25) is 0 Å². The Morgan fingerprint density at radius 3 is 2.73 bits per heavy atom. The largest absolute Gasteiger partial charge is 0.461 e. The first-order valence-electron chi connectivity index (χ1n) is 9.67. The van der Waals surface area contributed by atoms with Gasteiger partial charge in [-0.15, -0.1) is 0 Å². The van der Waals surface area contributed by atoms with Gasteiger partial charge in [0.05, 0.1) is 12.5 Å². The van der Waals surface area contributed by atoms with Crippen LogP contribution in [0, 0.1) is 6.92 Å². The van der Waals surface area contributed by atoms with Gasteiger partial charge in [-0.2, -0.15) is 0 Å². The van der Waals surface area contributed by atoms with Gasteiger partial charge in [-0.3, -0.25) is 9.59 Å². The van der Waals surface area contributed by atoms with Gasteiger partial charge in [-0.05, 0) is 35.8 Å². The van der Waals surface area contributed by atoms with Crippen molar-refractivity contribution in [1.82, 2.24) is 4.90 Å². The molecule has 1 aromatic heterocycles. The third-order valence-corrected chi connectivity index (χ3v) is 5.20. The lowest BCUT2D eigenvalue weighted by Crippen LogP contribution is -2.32. The van der Waals surface area contributed by atoms with Crippen LogP contribution in [0.4, 0.5) is 0 Å². The highest BCUT2D eigenvalue weighted by molar-refractivity contribution is 5.82. The summed E-state index contributed by atoms with van der Waals surface area (Å²) in [5.74, 6) is -0.606. The van der Waals surface area contributed by atoms with E-state index in [-0.39, 0.29) is 18.9 Å². The van der Waals surface area contributed by atoms with E-state index >= 15 is 0 Å². The fourth-order valence-electron chi connectivity index (χ4n) is 3.74. The van der Waals surface area contributed by atoms with Crippen molar-refractivity contribution in [1.29, 1.82) is 0 Å². The lowest BCUT2D eigenvalue weighted by Gasteiger charge is -2.32. The zero-order chi connectivity index (χ0) is 21.3. The Hall–Kier alpha value is -3.67. The molecule has 2 heterocycles. The van der Waals surface area contributed by atoms with Crippen LogP contribution in [0.25, 0.3) is 17.0 Å². The SMILES string of the molecule is CC(=O)N1C=Cc2ccccc2[C@H]1CC(=O)OCc1cc(=O)oc2cc(C)ccc12. The average molecular weight is 403 g/mol. The number of ether oxygens (including phenoxy) is 1. The molecule has 2 aromatic carbocycles. The zero-order valence-electron chi connectivity index (χ0n) is 16.8. The molecule has 30 heavy (non-hydrogen) atoms. The summed E-state index contributed by atoms with van der Waals surface area (Å²) in [6.45, 7) is 3.33. The Balaban J connectivity index is 1.54. The molecule has 0 aliphatic carbocycles. The van der Waals surface area contributed by atoms with E-state index in [2.05, 4.69) is 0 Å². The third-order valence-electron chi connectivity index (χ3n) is 5.20. The van der Waals surface area contributed by atoms with E-state index in [1.54, 1.807) is 17.2 Å². The average Bonchev–Trinajstić information content (AvgIpc) is 2.71. The maximum absolute atomic E-state index is 12.7. The standard InChI is InChI=1S/C24H21NO5/c1-15-7-8-20-18(12-24(28)30-22(20)11-15)14-29-23(27)13-21-19-6-4-3-5-17(19)9-10-25(21)16(2)26/h3-12,21H,13-14H2,1-2H3/t21-/m1/s1. The Bertz CT molecular complexity index is 1220. The molecular formula is C24H21NO5. The minimum absolute atomic E-state index is 0.0133. The second-order valence-electron chi connectivity index (χ2n) is 7.34. The number of amides is 1. The fraction of sp³-hybridized carbons (Fsp3) is 0.208. The van der Waals surface area contributed by atoms with Crippen molar-refractivity contribution in [2.24, 2.45) is 0 Å². The molecule has 0 unspecified atom stereocenters. The summed E-state index contributed by atoms with van der Waals surface area (Å²) in [4.78, 5) is 38.1. The number of carbonyl (C=O) groups is 2.